The van der Waals surface area contributed by atoms with Crippen LogP contribution in [0.15, 0.2) is 42.5 Å². The van der Waals surface area contributed by atoms with E-state index in [0.29, 0.717) is 0 Å². The summed E-state index contributed by atoms with van der Waals surface area (Å²) in [6.45, 7) is 9.49. The highest BCUT2D eigenvalue weighted by Gasteiger charge is 2.26. The molecule has 0 spiro atoms. The van der Waals surface area contributed by atoms with Crippen LogP contribution in [0.25, 0.3) is 0 Å². The number of ether oxygens (including phenoxy) is 1. The van der Waals surface area contributed by atoms with Gasteiger partial charge in [-0.1, -0.05) is 24.3 Å². The second-order valence-electron chi connectivity index (χ2n) is 7.18. The molecule has 1 aliphatic heterocycles. The second-order valence-corrected chi connectivity index (χ2v) is 7.18. The Labute approximate surface area is 161 Å². The highest BCUT2D eigenvalue weighted by Crippen LogP contribution is 2.28. The molecule has 144 valence electrons. The van der Waals surface area contributed by atoms with Gasteiger partial charge in [-0.05, 0) is 50.1 Å². The van der Waals surface area contributed by atoms with Gasteiger partial charge in [0.05, 0.1) is 18.8 Å². The normalized spacial score (nSPS) is 16.1. The van der Waals surface area contributed by atoms with Crippen LogP contribution in [0.3, 0.4) is 0 Å². The van der Waals surface area contributed by atoms with Crippen molar-refractivity contribution in [2.45, 2.75) is 26.8 Å². The third-order valence-corrected chi connectivity index (χ3v) is 5.32. The van der Waals surface area contributed by atoms with Gasteiger partial charge in [0.1, 0.15) is 5.75 Å². The first-order chi connectivity index (χ1) is 13.0. The molecule has 1 atom stereocenters. The number of nitrogens with zero attached hydrogens (tertiary/aromatic N) is 2. The van der Waals surface area contributed by atoms with E-state index in [1.165, 1.54) is 0 Å². The minimum Gasteiger partial charge on any atom is -0.495 e. The van der Waals surface area contributed by atoms with Gasteiger partial charge in [0.15, 0.2) is 0 Å². The maximum absolute atomic E-state index is 12.7. The number of rotatable bonds is 5. The fourth-order valence-corrected chi connectivity index (χ4v) is 3.51. The van der Waals surface area contributed by atoms with Gasteiger partial charge in [-0.25, -0.2) is 0 Å². The SMILES string of the molecule is COc1ccccc1N1CCN([C@H](C)C(=O)Nc2cc(C)ccc2C)CC1. The molecule has 0 bridgehead atoms. The number of piperazine rings is 1. The summed E-state index contributed by atoms with van der Waals surface area (Å²) in [5, 5.41) is 3.10. The maximum Gasteiger partial charge on any atom is 0.241 e. The fraction of sp³-hybridized carbons (Fsp3) is 0.409. The van der Waals surface area contributed by atoms with E-state index >= 15 is 0 Å². The molecule has 1 saturated heterocycles. The molecule has 1 aliphatic rings. The van der Waals surface area contributed by atoms with E-state index in [9.17, 15) is 4.79 Å². The van der Waals surface area contributed by atoms with Crippen LogP contribution in [0.5, 0.6) is 5.75 Å². The van der Waals surface area contributed by atoms with Gasteiger partial charge in [0.25, 0.3) is 0 Å². The Morgan fingerprint density at radius 3 is 2.48 bits per heavy atom. The van der Waals surface area contributed by atoms with E-state index in [1.807, 2.05) is 51.1 Å². The van der Waals surface area contributed by atoms with Crippen molar-refractivity contribution in [3.8, 4) is 5.75 Å². The van der Waals surface area contributed by atoms with E-state index in [2.05, 4.69) is 27.2 Å². The Morgan fingerprint density at radius 2 is 1.78 bits per heavy atom. The van der Waals surface area contributed by atoms with Gasteiger partial charge in [0, 0.05) is 31.9 Å². The average Bonchev–Trinajstić information content (AvgIpc) is 2.70. The Hall–Kier alpha value is -2.53. The number of aryl methyl sites for hydroxylation is 2. The lowest BCUT2D eigenvalue weighted by Gasteiger charge is -2.38. The van der Waals surface area contributed by atoms with Crippen LogP contribution in [0.4, 0.5) is 11.4 Å². The van der Waals surface area contributed by atoms with Crippen LogP contribution in [0, 0.1) is 13.8 Å². The minimum absolute atomic E-state index is 0.0504. The zero-order valence-corrected chi connectivity index (χ0v) is 16.7. The lowest BCUT2D eigenvalue weighted by molar-refractivity contribution is -0.120. The van der Waals surface area contributed by atoms with Crippen molar-refractivity contribution in [1.82, 2.24) is 4.90 Å². The average molecular weight is 367 g/mol. The fourth-order valence-electron chi connectivity index (χ4n) is 3.51. The zero-order chi connectivity index (χ0) is 19.4. The highest BCUT2D eigenvalue weighted by atomic mass is 16.5. The molecule has 1 fully saturated rings. The van der Waals surface area contributed by atoms with Gasteiger partial charge in [0.2, 0.25) is 5.91 Å². The molecule has 2 aromatic rings. The molecule has 5 heteroatoms. The van der Waals surface area contributed by atoms with E-state index in [0.717, 1.165) is 54.4 Å². The monoisotopic (exact) mass is 367 g/mol. The largest absolute Gasteiger partial charge is 0.495 e. The number of nitrogens with one attached hydrogen (secondary N) is 1. The lowest BCUT2D eigenvalue weighted by atomic mass is 10.1. The van der Waals surface area contributed by atoms with Crippen molar-refractivity contribution in [2.75, 3.05) is 43.5 Å². The highest BCUT2D eigenvalue weighted by molar-refractivity contribution is 5.95. The molecular weight excluding hydrogens is 338 g/mol. The Bertz CT molecular complexity index is 798. The van der Waals surface area contributed by atoms with E-state index < -0.39 is 0 Å². The third kappa shape index (κ3) is 4.42. The Kier molecular flexibility index (Phi) is 6.01. The summed E-state index contributed by atoms with van der Waals surface area (Å²) in [6, 6.07) is 14.1. The molecule has 5 nitrogen and oxygen atoms in total. The number of benzene rings is 2. The van der Waals surface area contributed by atoms with E-state index in [1.54, 1.807) is 7.11 Å². The predicted octanol–water partition coefficient (Wildman–Crippen LogP) is 3.46. The quantitative estimate of drug-likeness (QED) is 0.879. The number of para-hydroxylation sites is 2. The van der Waals surface area contributed by atoms with Crippen LogP contribution >= 0.6 is 0 Å². The van der Waals surface area contributed by atoms with Crippen molar-refractivity contribution in [1.29, 1.82) is 0 Å². The summed E-state index contributed by atoms with van der Waals surface area (Å²) in [7, 11) is 1.70. The summed E-state index contributed by atoms with van der Waals surface area (Å²) in [5.74, 6) is 0.945. The number of hydrogen-bond acceptors (Lipinski definition) is 4. The van der Waals surface area contributed by atoms with Gasteiger partial charge >= 0.3 is 0 Å². The molecule has 27 heavy (non-hydrogen) atoms. The molecule has 0 aliphatic carbocycles. The molecule has 1 amide bonds. The molecule has 1 N–H and O–H groups in total. The summed E-state index contributed by atoms with van der Waals surface area (Å²) < 4.78 is 5.48. The number of carbonyl (C=O) groups excluding carboxylic acids is 1. The van der Waals surface area contributed by atoms with Gasteiger partial charge in [-0.15, -0.1) is 0 Å². The van der Waals surface area contributed by atoms with E-state index in [4.69, 9.17) is 4.74 Å². The van der Waals surface area contributed by atoms with Crippen molar-refractivity contribution in [3.63, 3.8) is 0 Å². The van der Waals surface area contributed by atoms with Gasteiger partial charge < -0.3 is 15.0 Å². The Morgan fingerprint density at radius 1 is 1.07 bits per heavy atom. The predicted molar refractivity (Wildman–Crippen MR) is 111 cm³/mol. The number of amides is 1. The van der Waals surface area contributed by atoms with Crippen molar-refractivity contribution < 1.29 is 9.53 Å². The van der Waals surface area contributed by atoms with Crippen molar-refractivity contribution in [3.05, 3.63) is 53.6 Å². The van der Waals surface area contributed by atoms with Crippen LogP contribution in [0.1, 0.15) is 18.1 Å². The molecule has 2 aromatic carbocycles. The number of methoxy groups -OCH3 is 1. The number of hydrogen-bond donors (Lipinski definition) is 1. The molecule has 0 saturated carbocycles. The Balaban J connectivity index is 1.60. The summed E-state index contributed by atoms with van der Waals surface area (Å²) >= 11 is 0. The summed E-state index contributed by atoms with van der Waals surface area (Å²) in [6.07, 6.45) is 0. The molecular formula is C22H29N3O2. The minimum atomic E-state index is -0.162. The van der Waals surface area contributed by atoms with Gasteiger partial charge in [-0.3, -0.25) is 9.69 Å². The molecule has 1 heterocycles. The molecule has 0 aromatic heterocycles. The van der Waals surface area contributed by atoms with Gasteiger partial charge in [-0.2, -0.15) is 0 Å². The molecule has 0 radical (unpaired) electrons. The van der Waals surface area contributed by atoms with Crippen LogP contribution < -0.4 is 15.0 Å². The first-order valence-corrected chi connectivity index (χ1v) is 9.49. The topological polar surface area (TPSA) is 44.8 Å². The van der Waals surface area contributed by atoms with Crippen LogP contribution in [-0.4, -0.2) is 50.1 Å². The van der Waals surface area contributed by atoms with Crippen LogP contribution in [-0.2, 0) is 4.79 Å². The molecule has 0 unspecified atom stereocenters. The maximum atomic E-state index is 12.7. The standard InChI is InChI=1S/C22H29N3O2/c1-16-9-10-17(2)19(15-16)23-22(26)18(3)24-11-13-25(14-12-24)20-7-5-6-8-21(20)27-4/h5-10,15,18H,11-14H2,1-4H3,(H,23,26)/t18-/m1/s1. The summed E-state index contributed by atoms with van der Waals surface area (Å²) in [4.78, 5) is 17.3. The van der Waals surface area contributed by atoms with Crippen molar-refractivity contribution >= 4 is 17.3 Å². The lowest BCUT2D eigenvalue weighted by Crippen LogP contribution is -2.52. The number of anilines is 2. The second kappa shape index (κ2) is 8.44. The first-order valence-electron chi connectivity index (χ1n) is 9.49. The number of carbonyl (C=O) groups is 1. The third-order valence-electron chi connectivity index (χ3n) is 5.32. The molecule has 3 rings (SSSR count). The van der Waals surface area contributed by atoms with Crippen molar-refractivity contribution in [2.24, 2.45) is 0 Å². The smallest absolute Gasteiger partial charge is 0.241 e. The van der Waals surface area contributed by atoms with Crippen LogP contribution in [0.2, 0.25) is 0 Å². The zero-order valence-electron chi connectivity index (χ0n) is 16.7. The summed E-state index contributed by atoms with van der Waals surface area (Å²) in [5.41, 5.74) is 4.25. The van der Waals surface area contributed by atoms with E-state index in [-0.39, 0.29) is 11.9 Å². The first kappa shape index (κ1) is 19.2.